The van der Waals surface area contributed by atoms with Crippen molar-refractivity contribution in [1.82, 2.24) is 5.32 Å². The third-order valence-corrected chi connectivity index (χ3v) is 3.77. The molecule has 0 bridgehead atoms. The zero-order valence-corrected chi connectivity index (χ0v) is 15.2. The summed E-state index contributed by atoms with van der Waals surface area (Å²) < 4.78 is 9.94. The SMILES string of the molecule is COC(=O)c1ccc(N2CC(NC(=O)OC(C)(C)C)CC2=O)cc1C. The van der Waals surface area contributed by atoms with E-state index in [2.05, 4.69) is 5.32 Å². The summed E-state index contributed by atoms with van der Waals surface area (Å²) in [6.45, 7) is 7.49. The zero-order valence-electron chi connectivity index (χ0n) is 15.2. The number of nitrogens with one attached hydrogen (secondary N) is 1. The highest BCUT2D eigenvalue weighted by Crippen LogP contribution is 2.25. The van der Waals surface area contributed by atoms with E-state index in [1.165, 1.54) is 7.11 Å². The molecule has 25 heavy (non-hydrogen) atoms. The monoisotopic (exact) mass is 348 g/mol. The summed E-state index contributed by atoms with van der Waals surface area (Å²) in [5, 5.41) is 2.72. The normalized spacial score (nSPS) is 17.4. The molecule has 136 valence electrons. The van der Waals surface area contributed by atoms with Crippen LogP contribution in [-0.4, -0.2) is 43.3 Å². The average molecular weight is 348 g/mol. The molecule has 1 saturated heterocycles. The van der Waals surface area contributed by atoms with Crippen LogP contribution in [-0.2, 0) is 14.3 Å². The minimum atomic E-state index is -0.590. The second-order valence-electron chi connectivity index (χ2n) is 7.04. The number of carbonyl (C=O) groups excluding carboxylic acids is 3. The van der Waals surface area contributed by atoms with Crippen molar-refractivity contribution < 1.29 is 23.9 Å². The maximum Gasteiger partial charge on any atom is 0.407 e. The van der Waals surface area contributed by atoms with E-state index in [9.17, 15) is 14.4 Å². The minimum absolute atomic E-state index is 0.0914. The average Bonchev–Trinajstić information content (AvgIpc) is 2.84. The zero-order chi connectivity index (χ0) is 18.8. The molecule has 0 aromatic heterocycles. The molecule has 1 heterocycles. The van der Waals surface area contributed by atoms with E-state index in [1.807, 2.05) is 0 Å². The number of hydrogen-bond acceptors (Lipinski definition) is 5. The summed E-state index contributed by atoms with van der Waals surface area (Å²) in [6.07, 6.45) is -0.332. The summed E-state index contributed by atoms with van der Waals surface area (Å²) in [5.74, 6) is -0.507. The van der Waals surface area contributed by atoms with Gasteiger partial charge >= 0.3 is 12.1 Å². The van der Waals surface area contributed by atoms with Gasteiger partial charge < -0.3 is 19.7 Å². The van der Waals surface area contributed by atoms with Gasteiger partial charge in [-0.2, -0.15) is 0 Å². The number of carbonyl (C=O) groups is 3. The third-order valence-electron chi connectivity index (χ3n) is 3.77. The highest BCUT2D eigenvalue weighted by Gasteiger charge is 2.33. The molecular formula is C18H24N2O5. The first-order valence-corrected chi connectivity index (χ1v) is 8.09. The Morgan fingerprint density at radius 2 is 1.96 bits per heavy atom. The van der Waals surface area contributed by atoms with Crippen LogP contribution in [0.25, 0.3) is 0 Å². The minimum Gasteiger partial charge on any atom is -0.465 e. The first kappa shape index (κ1) is 18.8. The Morgan fingerprint density at radius 3 is 2.52 bits per heavy atom. The predicted octanol–water partition coefficient (Wildman–Crippen LogP) is 2.41. The maximum atomic E-state index is 12.3. The Labute approximate surface area is 147 Å². The number of methoxy groups -OCH3 is 1. The van der Waals surface area contributed by atoms with E-state index < -0.39 is 17.7 Å². The molecule has 1 fully saturated rings. The van der Waals surface area contributed by atoms with E-state index in [-0.39, 0.29) is 18.4 Å². The van der Waals surface area contributed by atoms with Gasteiger partial charge in [-0.05, 0) is 51.5 Å². The van der Waals surface area contributed by atoms with Crippen molar-refractivity contribution >= 4 is 23.7 Å². The molecule has 0 saturated carbocycles. The molecule has 1 aliphatic heterocycles. The van der Waals surface area contributed by atoms with Crippen LogP contribution in [0.5, 0.6) is 0 Å². The molecule has 1 aromatic rings. The Bertz CT molecular complexity index is 693. The summed E-state index contributed by atoms with van der Waals surface area (Å²) >= 11 is 0. The smallest absolute Gasteiger partial charge is 0.407 e. The fourth-order valence-corrected chi connectivity index (χ4v) is 2.68. The molecule has 1 unspecified atom stereocenters. The van der Waals surface area contributed by atoms with Crippen LogP contribution >= 0.6 is 0 Å². The van der Waals surface area contributed by atoms with Crippen LogP contribution in [0.1, 0.15) is 43.1 Å². The molecule has 0 radical (unpaired) electrons. The van der Waals surface area contributed by atoms with E-state index in [4.69, 9.17) is 9.47 Å². The van der Waals surface area contributed by atoms with Crippen LogP contribution in [0.2, 0.25) is 0 Å². The van der Waals surface area contributed by atoms with Gasteiger partial charge in [-0.15, -0.1) is 0 Å². The van der Waals surface area contributed by atoms with Gasteiger partial charge in [-0.3, -0.25) is 4.79 Å². The quantitative estimate of drug-likeness (QED) is 0.848. The number of nitrogens with zero attached hydrogens (tertiary/aromatic N) is 1. The van der Waals surface area contributed by atoms with Crippen LogP contribution in [0.3, 0.4) is 0 Å². The van der Waals surface area contributed by atoms with Gasteiger partial charge in [0.25, 0.3) is 0 Å². The van der Waals surface area contributed by atoms with E-state index in [1.54, 1.807) is 50.8 Å². The standard InChI is InChI=1S/C18H24N2O5/c1-11-8-13(6-7-14(11)16(22)24-5)20-10-12(9-15(20)21)19-17(23)25-18(2,3)4/h6-8,12H,9-10H2,1-5H3,(H,19,23). The van der Waals surface area contributed by atoms with Gasteiger partial charge in [0.15, 0.2) is 0 Å². The highest BCUT2D eigenvalue weighted by atomic mass is 16.6. The van der Waals surface area contributed by atoms with Crippen molar-refractivity contribution in [3.63, 3.8) is 0 Å². The molecule has 7 nitrogen and oxygen atoms in total. The van der Waals surface area contributed by atoms with Gasteiger partial charge in [0.2, 0.25) is 5.91 Å². The van der Waals surface area contributed by atoms with E-state index in [0.717, 1.165) is 5.56 Å². The second-order valence-corrected chi connectivity index (χ2v) is 7.04. The third kappa shape index (κ3) is 4.71. The molecule has 2 amide bonds. The number of alkyl carbamates (subject to hydrolysis) is 1. The number of ether oxygens (including phenoxy) is 2. The van der Waals surface area contributed by atoms with Crippen LogP contribution in [0, 0.1) is 6.92 Å². The molecule has 0 spiro atoms. The maximum absolute atomic E-state index is 12.3. The van der Waals surface area contributed by atoms with Crippen molar-refractivity contribution in [1.29, 1.82) is 0 Å². The lowest BCUT2D eigenvalue weighted by Crippen LogP contribution is -2.40. The highest BCUT2D eigenvalue weighted by molar-refractivity contribution is 5.98. The van der Waals surface area contributed by atoms with Crippen molar-refractivity contribution in [2.75, 3.05) is 18.6 Å². The van der Waals surface area contributed by atoms with Crippen molar-refractivity contribution in [2.45, 2.75) is 45.8 Å². The van der Waals surface area contributed by atoms with Crippen molar-refractivity contribution in [3.05, 3.63) is 29.3 Å². The number of benzene rings is 1. The lowest BCUT2D eigenvalue weighted by atomic mass is 10.1. The molecule has 1 aliphatic rings. The van der Waals surface area contributed by atoms with E-state index >= 15 is 0 Å². The van der Waals surface area contributed by atoms with Crippen molar-refractivity contribution in [2.24, 2.45) is 0 Å². The fourth-order valence-electron chi connectivity index (χ4n) is 2.68. The Hall–Kier alpha value is -2.57. The lowest BCUT2D eigenvalue weighted by Gasteiger charge is -2.22. The molecule has 1 aromatic carbocycles. The number of amides is 2. The second kappa shape index (κ2) is 7.13. The number of esters is 1. The van der Waals surface area contributed by atoms with Crippen LogP contribution < -0.4 is 10.2 Å². The lowest BCUT2D eigenvalue weighted by molar-refractivity contribution is -0.117. The number of anilines is 1. The molecule has 2 rings (SSSR count). The van der Waals surface area contributed by atoms with Gasteiger partial charge in [-0.1, -0.05) is 0 Å². The van der Waals surface area contributed by atoms with Gasteiger partial charge in [-0.25, -0.2) is 9.59 Å². The molecule has 1 N–H and O–H groups in total. The van der Waals surface area contributed by atoms with Gasteiger partial charge in [0.05, 0.1) is 18.7 Å². The van der Waals surface area contributed by atoms with Crippen LogP contribution in [0.15, 0.2) is 18.2 Å². The Kier molecular flexibility index (Phi) is 5.35. The largest absolute Gasteiger partial charge is 0.465 e. The number of rotatable bonds is 3. The summed E-state index contributed by atoms with van der Waals surface area (Å²) in [4.78, 5) is 37.4. The summed E-state index contributed by atoms with van der Waals surface area (Å²) in [5.41, 5.74) is 1.28. The first-order chi connectivity index (χ1) is 11.6. The first-order valence-electron chi connectivity index (χ1n) is 8.09. The van der Waals surface area contributed by atoms with Gasteiger partial charge in [0.1, 0.15) is 5.60 Å². The Balaban J connectivity index is 2.07. The topological polar surface area (TPSA) is 84.9 Å². The van der Waals surface area contributed by atoms with Gasteiger partial charge in [0, 0.05) is 18.7 Å². The van der Waals surface area contributed by atoms with Crippen molar-refractivity contribution in [3.8, 4) is 0 Å². The molecule has 7 heteroatoms. The number of aryl methyl sites for hydroxylation is 1. The molecular weight excluding hydrogens is 324 g/mol. The summed E-state index contributed by atoms with van der Waals surface area (Å²) in [7, 11) is 1.33. The van der Waals surface area contributed by atoms with Crippen LogP contribution in [0.4, 0.5) is 10.5 Å². The Morgan fingerprint density at radius 1 is 1.28 bits per heavy atom. The predicted molar refractivity (Wildman–Crippen MR) is 92.6 cm³/mol. The van der Waals surface area contributed by atoms with E-state index in [0.29, 0.717) is 17.8 Å². The molecule has 1 atom stereocenters. The number of hydrogen-bond donors (Lipinski definition) is 1. The summed E-state index contributed by atoms with van der Waals surface area (Å²) in [6, 6.07) is 4.79. The fraction of sp³-hybridized carbons (Fsp3) is 0.500. The molecule has 0 aliphatic carbocycles.